The number of nitrogens with two attached hydrogens (primary N) is 1. The van der Waals surface area contributed by atoms with E-state index in [-0.39, 0.29) is 16.6 Å². The average Bonchev–Trinajstić information content (AvgIpc) is 3.21. The van der Waals surface area contributed by atoms with E-state index in [9.17, 15) is 13.2 Å². The number of carbonyl (C=O) groups excluding carboxylic acids is 1. The lowest BCUT2D eigenvalue weighted by Crippen LogP contribution is -2.14. The molecule has 0 saturated heterocycles. The van der Waals surface area contributed by atoms with Crippen molar-refractivity contribution >= 4 is 55.1 Å². The van der Waals surface area contributed by atoms with Crippen LogP contribution in [0.5, 0.6) is 0 Å². The van der Waals surface area contributed by atoms with E-state index in [2.05, 4.69) is 10.3 Å². The van der Waals surface area contributed by atoms with Gasteiger partial charge in [-0.3, -0.25) is 4.79 Å². The monoisotopic (exact) mass is 421 g/mol. The Bertz CT molecular complexity index is 1160. The van der Waals surface area contributed by atoms with Gasteiger partial charge in [-0.15, -0.1) is 11.3 Å². The van der Waals surface area contributed by atoms with Crippen molar-refractivity contribution in [1.82, 2.24) is 9.55 Å². The first kappa shape index (κ1) is 19.4. The largest absolute Gasteiger partial charge is 0.319 e. The van der Waals surface area contributed by atoms with Crippen molar-refractivity contribution in [3.63, 3.8) is 0 Å². The number of primary sulfonamides is 1. The quantitative estimate of drug-likeness (QED) is 0.588. The number of hydrogen-bond donors (Lipinski definition) is 2. The van der Waals surface area contributed by atoms with Crippen molar-refractivity contribution in [3.05, 3.63) is 35.2 Å². The predicted octanol–water partition coefficient (Wildman–Crippen LogP) is 2.37. The highest BCUT2D eigenvalue weighted by Gasteiger charge is 2.16. The number of carbonyl (C=O) groups is 1. The summed E-state index contributed by atoms with van der Waals surface area (Å²) in [4.78, 5) is 16.6. The standard InChI is InChI=1S/C16H15N5O3S3/c1-2-21-13-4-3-11(27(18,23)24)7-12(13)19-16(21)26-9-14(22)20-15-10(8-17)5-6-25-15/h3-7H,2,9H2,1H3,(H,20,22)(H2,18,23,24). The predicted molar refractivity (Wildman–Crippen MR) is 105 cm³/mol. The first-order valence-corrected chi connectivity index (χ1v) is 11.2. The van der Waals surface area contributed by atoms with E-state index in [0.29, 0.717) is 27.8 Å². The van der Waals surface area contributed by atoms with Crippen molar-refractivity contribution in [3.8, 4) is 6.07 Å². The smallest absolute Gasteiger partial charge is 0.238 e. The van der Waals surface area contributed by atoms with Gasteiger partial charge >= 0.3 is 0 Å². The van der Waals surface area contributed by atoms with Gasteiger partial charge in [-0.25, -0.2) is 18.5 Å². The lowest BCUT2D eigenvalue weighted by molar-refractivity contribution is -0.113. The fourth-order valence-corrected chi connectivity index (χ4v) is 4.63. The van der Waals surface area contributed by atoms with E-state index < -0.39 is 10.0 Å². The number of nitrogens with zero attached hydrogens (tertiary/aromatic N) is 3. The number of aryl methyl sites for hydroxylation is 1. The zero-order valence-electron chi connectivity index (χ0n) is 14.2. The highest BCUT2D eigenvalue weighted by Crippen LogP contribution is 2.27. The zero-order chi connectivity index (χ0) is 19.6. The molecule has 140 valence electrons. The average molecular weight is 422 g/mol. The molecule has 0 atom stereocenters. The van der Waals surface area contributed by atoms with Crippen LogP contribution in [0.4, 0.5) is 5.00 Å². The molecule has 1 aromatic carbocycles. The first-order valence-electron chi connectivity index (χ1n) is 7.76. The van der Waals surface area contributed by atoms with Crippen molar-refractivity contribution in [2.45, 2.75) is 23.5 Å². The number of fused-ring (bicyclic) bond motifs is 1. The highest BCUT2D eigenvalue weighted by molar-refractivity contribution is 7.99. The molecular weight excluding hydrogens is 406 g/mol. The molecular formula is C16H15N5O3S3. The molecule has 0 aliphatic carbocycles. The van der Waals surface area contributed by atoms with Crippen molar-refractivity contribution in [1.29, 1.82) is 5.26 Å². The van der Waals surface area contributed by atoms with Crippen LogP contribution in [0.3, 0.4) is 0 Å². The van der Waals surface area contributed by atoms with Gasteiger partial charge in [0.05, 0.1) is 27.2 Å². The Labute approximate surface area is 164 Å². The van der Waals surface area contributed by atoms with Gasteiger partial charge in [0.1, 0.15) is 11.1 Å². The van der Waals surface area contributed by atoms with Crippen LogP contribution in [0.2, 0.25) is 0 Å². The van der Waals surface area contributed by atoms with E-state index in [0.717, 1.165) is 5.52 Å². The van der Waals surface area contributed by atoms with Gasteiger partial charge < -0.3 is 9.88 Å². The van der Waals surface area contributed by atoms with Gasteiger partial charge in [0.15, 0.2) is 5.16 Å². The maximum atomic E-state index is 12.2. The van der Waals surface area contributed by atoms with E-state index in [1.54, 1.807) is 17.5 Å². The van der Waals surface area contributed by atoms with Crippen LogP contribution >= 0.6 is 23.1 Å². The summed E-state index contributed by atoms with van der Waals surface area (Å²) >= 11 is 2.52. The van der Waals surface area contributed by atoms with Gasteiger partial charge in [0.25, 0.3) is 0 Å². The fraction of sp³-hybridized carbons (Fsp3) is 0.188. The molecule has 3 rings (SSSR count). The molecule has 27 heavy (non-hydrogen) atoms. The second-order valence-corrected chi connectivity index (χ2v) is 8.87. The Hall–Kier alpha value is -2.39. The molecule has 0 aliphatic rings. The number of sulfonamides is 1. The number of anilines is 1. The van der Waals surface area contributed by atoms with Crippen LogP contribution in [0.1, 0.15) is 12.5 Å². The molecule has 8 nitrogen and oxygen atoms in total. The molecule has 3 aromatic rings. The van der Waals surface area contributed by atoms with Crippen LogP contribution in [0, 0.1) is 11.3 Å². The number of rotatable bonds is 6. The molecule has 3 N–H and O–H groups in total. The lowest BCUT2D eigenvalue weighted by atomic mass is 10.3. The van der Waals surface area contributed by atoms with Gasteiger partial charge in [-0.2, -0.15) is 5.26 Å². The molecule has 0 radical (unpaired) electrons. The number of imidazole rings is 1. The van der Waals surface area contributed by atoms with Crippen LogP contribution in [0.15, 0.2) is 39.7 Å². The summed E-state index contributed by atoms with van der Waals surface area (Å²) in [5.74, 6) is -0.146. The molecule has 11 heteroatoms. The number of thioether (sulfide) groups is 1. The highest BCUT2D eigenvalue weighted by atomic mass is 32.2. The van der Waals surface area contributed by atoms with E-state index in [4.69, 9.17) is 10.4 Å². The summed E-state index contributed by atoms with van der Waals surface area (Å²) in [6, 6.07) is 8.18. The molecule has 2 heterocycles. The third kappa shape index (κ3) is 4.14. The fourth-order valence-electron chi connectivity index (χ4n) is 2.47. The number of nitriles is 1. The van der Waals surface area contributed by atoms with E-state index in [1.807, 2.05) is 17.6 Å². The third-order valence-corrected chi connectivity index (χ3v) is 6.42. The van der Waals surface area contributed by atoms with Crippen molar-refractivity contribution in [2.75, 3.05) is 11.1 Å². The zero-order valence-corrected chi connectivity index (χ0v) is 16.6. The van der Waals surface area contributed by atoms with Crippen molar-refractivity contribution < 1.29 is 13.2 Å². The third-order valence-electron chi connectivity index (χ3n) is 3.70. The lowest BCUT2D eigenvalue weighted by Gasteiger charge is -2.06. The second kappa shape index (κ2) is 7.69. The van der Waals surface area contributed by atoms with Gasteiger partial charge in [-0.05, 0) is 36.6 Å². The van der Waals surface area contributed by atoms with E-state index >= 15 is 0 Å². The molecule has 0 aliphatic heterocycles. The number of nitrogens with one attached hydrogen (secondary N) is 1. The first-order chi connectivity index (χ1) is 12.8. The summed E-state index contributed by atoms with van der Waals surface area (Å²) in [6.07, 6.45) is 0. The van der Waals surface area contributed by atoms with Gasteiger partial charge in [0, 0.05) is 6.54 Å². The van der Waals surface area contributed by atoms with Crippen LogP contribution < -0.4 is 10.5 Å². The Morgan fingerprint density at radius 3 is 2.89 bits per heavy atom. The molecule has 1 amide bonds. The number of aromatic nitrogens is 2. The van der Waals surface area contributed by atoms with Gasteiger partial charge in [0.2, 0.25) is 15.9 Å². The number of thiophene rings is 1. The molecule has 2 aromatic heterocycles. The van der Waals surface area contributed by atoms with Crippen LogP contribution in [-0.2, 0) is 21.4 Å². The minimum absolute atomic E-state index is 0.00762. The Balaban J connectivity index is 1.80. The number of amides is 1. The topological polar surface area (TPSA) is 131 Å². The molecule has 0 saturated carbocycles. The maximum Gasteiger partial charge on any atom is 0.238 e. The second-order valence-electron chi connectivity index (χ2n) is 5.45. The minimum Gasteiger partial charge on any atom is -0.319 e. The molecule has 0 unspecified atom stereocenters. The minimum atomic E-state index is -3.81. The summed E-state index contributed by atoms with van der Waals surface area (Å²) in [6.45, 7) is 2.54. The summed E-state index contributed by atoms with van der Waals surface area (Å²) in [5.41, 5.74) is 1.68. The summed E-state index contributed by atoms with van der Waals surface area (Å²) in [5, 5.41) is 19.7. The number of hydrogen-bond acceptors (Lipinski definition) is 7. The Morgan fingerprint density at radius 1 is 1.44 bits per heavy atom. The summed E-state index contributed by atoms with van der Waals surface area (Å²) in [7, 11) is -3.81. The van der Waals surface area contributed by atoms with E-state index in [1.165, 1.54) is 35.2 Å². The summed E-state index contributed by atoms with van der Waals surface area (Å²) < 4.78 is 24.9. The van der Waals surface area contributed by atoms with Gasteiger partial charge in [-0.1, -0.05) is 11.8 Å². The van der Waals surface area contributed by atoms with Crippen LogP contribution in [-0.4, -0.2) is 29.6 Å². The normalized spacial score (nSPS) is 11.4. The SMILES string of the molecule is CCn1c(SCC(=O)Nc2sccc2C#N)nc2cc(S(N)(=O)=O)ccc21. The number of benzene rings is 1. The Morgan fingerprint density at radius 2 is 2.22 bits per heavy atom. The molecule has 0 bridgehead atoms. The van der Waals surface area contributed by atoms with Crippen molar-refractivity contribution in [2.24, 2.45) is 5.14 Å². The molecule has 0 fully saturated rings. The van der Waals surface area contributed by atoms with Crippen LogP contribution in [0.25, 0.3) is 11.0 Å². The molecule has 0 spiro atoms. The maximum absolute atomic E-state index is 12.2. The Kier molecular flexibility index (Phi) is 5.52.